The van der Waals surface area contributed by atoms with Crippen molar-refractivity contribution in [2.45, 2.75) is 13.5 Å². The zero-order valence-corrected chi connectivity index (χ0v) is 17.9. The number of halogens is 1. The van der Waals surface area contributed by atoms with E-state index in [1.165, 1.54) is 4.90 Å². The summed E-state index contributed by atoms with van der Waals surface area (Å²) < 4.78 is 11.9. The molecule has 140 valence electrons. The minimum Gasteiger partial charge on any atom is -0.493 e. The van der Waals surface area contributed by atoms with Gasteiger partial charge in [-0.2, -0.15) is 0 Å². The van der Waals surface area contributed by atoms with E-state index < -0.39 is 0 Å². The van der Waals surface area contributed by atoms with Gasteiger partial charge in [-0.05, 0) is 82.7 Å². The topological polar surface area (TPSA) is 55.8 Å². The lowest BCUT2D eigenvalue weighted by atomic mass is 10.1. The van der Waals surface area contributed by atoms with Gasteiger partial charge in [-0.3, -0.25) is 14.5 Å². The Morgan fingerprint density at radius 1 is 1.11 bits per heavy atom. The third-order valence-electron chi connectivity index (χ3n) is 3.91. The molecule has 3 rings (SSSR count). The van der Waals surface area contributed by atoms with Crippen molar-refractivity contribution in [1.82, 2.24) is 4.90 Å². The minimum atomic E-state index is -0.280. The maximum Gasteiger partial charge on any atom is 0.293 e. The number of carbonyl (C=O) groups is 2. The quantitative estimate of drug-likeness (QED) is 0.420. The number of imide groups is 1. The third-order valence-corrected chi connectivity index (χ3v) is 5.54. The summed E-state index contributed by atoms with van der Waals surface area (Å²) in [7, 11) is 1.58. The molecule has 2 aromatic rings. The van der Waals surface area contributed by atoms with Crippen molar-refractivity contribution in [3.63, 3.8) is 0 Å². The van der Waals surface area contributed by atoms with E-state index in [0.717, 1.165) is 26.5 Å². The number of benzene rings is 2. The van der Waals surface area contributed by atoms with Crippen LogP contribution in [0, 0.1) is 3.57 Å². The Bertz CT molecular complexity index is 895. The average Bonchev–Trinajstić information content (AvgIpc) is 2.91. The van der Waals surface area contributed by atoms with Crippen LogP contribution in [0.5, 0.6) is 11.5 Å². The Hall–Kier alpha value is -2.00. The lowest BCUT2D eigenvalue weighted by molar-refractivity contribution is -0.123. The number of rotatable bonds is 6. The highest BCUT2D eigenvalue weighted by Gasteiger charge is 2.35. The van der Waals surface area contributed by atoms with E-state index in [4.69, 9.17) is 9.47 Å². The Labute approximate surface area is 175 Å². The highest BCUT2D eigenvalue weighted by molar-refractivity contribution is 14.1. The van der Waals surface area contributed by atoms with Crippen molar-refractivity contribution >= 4 is 51.6 Å². The molecule has 0 N–H and O–H groups in total. The maximum absolute atomic E-state index is 12.7. The Morgan fingerprint density at radius 2 is 1.85 bits per heavy atom. The molecule has 0 radical (unpaired) electrons. The third kappa shape index (κ3) is 4.65. The first-order valence-corrected chi connectivity index (χ1v) is 10.2. The molecule has 5 nitrogen and oxygen atoms in total. The van der Waals surface area contributed by atoms with Gasteiger partial charge >= 0.3 is 0 Å². The van der Waals surface area contributed by atoms with Gasteiger partial charge in [0.25, 0.3) is 11.1 Å². The number of ether oxygens (including phenoxy) is 2. The molecule has 1 aliphatic rings. The molecular weight excluding hydrogens is 477 g/mol. The number of nitrogens with zero attached hydrogens (tertiary/aromatic N) is 1. The fourth-order valence-corrected chi connectivity index (χ4v) is 3.81. The molecule has 0 saturated carbocycles. The number of methoxy groups -OCH3 is 1. The second kappa shape index (κ2) is 8.79. The first-order valence-electron chi connectivity index (χ1n) is 8.32. The molecule has 1 fully saturated rings. The fourth-order valence-electron chi connectivity index (χ4n) is 2.61. The number of thioether (sulfide) groups is 1. The second-order valence-corrected chi connectivity index (χ2v) is 7.98. The maximum atomic E-state index is 12.7. The predicted molar refractivity (Wildman–Crippen MR) is 115 cm³/mol. The van der Waals surface area contributed by atoms with Crippen LogP contribution in [0.3, 0.4) is 0 Å². The van der Waals surface area contributed by atoms with Crippen LogP contribution in [0.1, 0.15) is 18.1 Å². The molecule has 0 unspecified atom stereocenters. The van der Waals surface area contributed by atoms with Crippen molar-refractivity contribution in [2.75, 3.05) is 13.7 Å². The van der Waals surface area contributed by atoms with Crippen molar-refractivity contribution < 1.29 is 19.1 Å². The zero-order valence-electron chi connectivity index (χ0n) is 14.9. The predicted octanol–water partition coefficient (Wildman–Crippen LogP) is 4.94. The van der Waals surface area contributed by atoms with Crippen LogP contribution in [-0.4, -0.2) is 29.8 Å². The molecule has 0 aromatic heterocycles. The minimum absolute atomic E-state index is 0.261. The number of amides is 2. The van der Waals surface area contributed by atoms with Crippen LogP contribution in [-0.2, 0) is 11.3 Å². The monoisotopic (exact) mass is 495 g/mol. The smallest absolute Gasteiger partial charge is 0.293 e. The molecule has 0 atom stereocenters. The van der Waals surface area contributed by atoms with E-state index >= 15 is 0 Å². The molecule has 2 amide bonds. The van der Waals surface area contributed by atoms with Crippen molar-refractivity contribution in [3.05, 3.63) is 62.1 Å². The summed E-state index contributed by atoms with van der Waals surface area (Å²) in [5.74, 6) is 0.949. The first kappa shape index (κ1) is 19.8. The van der Waals surface area contributed by atoms with Crippen LogP contribution in [0.25, 0.3) is 6.08 Å². The molecule has 1 saturated heterocycles. The summed E-state index contributed by atoms with van der Waals surface area (Å²) in [5, 5.41) is -0.261. The van der Waals surface area contributed by atoms with Gasteiger partial charge < -0.3 is 9.47 Å². The zero-order chi connectivity index (χ0) is 19.4. The molecular formula is C20H18INO4S. The largest absolute Gasteiger partial charge is 0.493 e. The summed E-state index contributed by atoms with van der Waals surface area (Å²) in [6, 6.07) is 13.2. The summed E-state index contributed by atoms with van der Waals surface area (Å²) in [6.45, 7) is 2.67. The number of carbonyl (C=O) groups excluding carboxylic acids is 2. The molecule has 2 aromatic carbocycles. The molecule has 1 aliphatic heterocycles. The summed E-state index contributed by atoms with van der Waals surface area (Å²) in [5.41, 5.74) is 1.70. The van der Waals surface area contributed by atoms with Crippen molar-refractivity contribution in [3.8, 4) is 11.5 Å². The molecule has 0 spiro atoms. The highest BCUT2D eigenvalue weighted by atomic mass is 127. The SMILES string of the molecule is CCOc1cc(/C=C2/SC(=O)N(Cc3ccc(I)cc3)C2=O)ccc1OC. The van der Waals surface area contributed by atoms with E-state index in [1.807, 2.05) is 37.3 Å². The fraction of sp³-hybridized carbons (Fsp3) is 0.200. The van der Waals surface area contributed by atoms with Crippen LogP contribution in [0.4, 0.5) is 4.79 Å². The van der Waals surface area contributed by atoms with Crippen LogP contribution in [0.2, 0.25) is 0 Å². The van der Waals surface area contributed by atoms with Gasteiger partial charge in [0.05, 0.1) is 25.2 Å². The molecule has 7 heteroatoms. The van der Waals surface area contributed by atoms with Gasteiger partial charge in [-0.1, -0.05) is 18.2 Å². The van der Waals surface area contributed by atoms with Gasteiger partial charge in [-0.15, -0.1) is 0 Å². The van der Waals surface area contributed by atoms with Gasteiger partial charge in [0.1, 0.15) is 0 Å². The second-order valence-electron chi connectivity index (χ2n) is 5.74. The lowest BCUT2D eigenvalue weighted by Gasteiger charge is -2.12. The van der Waals surface area contributed by atoms with E-state index in [-0.39, 0.29) is 17.7 Å². The van der Waals surface area contributed by atoms with E-state index in [9.17, 15) is 9.59 Å². The van der Waals surface area contributed by atoms with Crippen molar-refractivity contribution in [2.24, 2.45) is 0 Å². The summed E-state index contributed by atoms with van der Waals surface area (Å²) in [6.07, 6.45) is 1.71. The molecule has 1 heterocycles. The molecule has 0 bridgehead atoms. The summed E-state index contributed by atoms with van der Waals surface area (Å²) in [4.78, 5) is 26.7. The van der Waals surface area contributed by atoms with Gasteiger partial charge in [-0.25, -0.2) is 0 Å². The van der Waals surface area contributed by atoms with E-state index in [0.29, 0.717) is 23.0 Å². The van der Waals surface area contributed by atoms with Crippen LogP contribution < -0.4 is 9.47 Å². The van der Waals surface area contributed by atoms with Gasteiger partial charge in [0.15, 0.2) is 11.5 Å². The van der Waals surface area contributed by atoms with Gasteiger partial charge in [0, 0.05) is 3.57 Å². The highest BCUT2D eigenvalue weighted by Crippen LogP contribution is 2.35. The lowest BCUT2D eigenvalue weighted by Crippen LogP contribution is -2.27. The summed E-state index contributed by atoms with van der Waals surface area (Å²) >= 11 is 3.17. The Balaban J connectivity index is 1.81. The van der Waals surface area contributed by atoms with E-state index in [2.05, 4.69) is 22.6 Å². The average molecular weight is 495 g/mol. The standard InChI is InChI=1S/C20H18INO4S/c1-3-26-17-10-14(6-9-16(17)25-2)11-18-19(23)22(20(24)27-18)12-13-4-7-15(21)8-5-13/h4-11H,3,12H2,1-2H3/b18-11+. The van der Waals surface area contributed by atoms with Crippen molar-refractivity contribution in [1.29, 1.82) is 0 Å². The van der Waals surface area contributed by atoms with Crippen LogP contribution in [0.15, 0.2) is 47.4 Å². The van der Waals surface area contributed by atoms with Crippen LogP contribution >= 0.6 is 34.4 Å². The first-order chi connectivity index (χ1) is 13.0. The molecule has 27 heavy (non-hydrogen) atoms. The van der Waals surface area contributed by atoms with Gasteiger partial charge in [0.2, 0.25) is 0 Å². The number of hydrogen-bond acceptors (Lipinski definition) is 5. The Kier molecular flexibility index (Phi) is 6.43. The molecule has 0 aliphatic carbocycles. The normalized spacial score (nSPS) is 15.5. The Morgan fingerprint density at radius 3 is 2.52 bits per heavy atom. The number of hydrogen-bond donors (Lipinski definition) is 0. The van der Waals surface area contributed by atoms with E-state index in [1.54, 1.807) is 25.3 Å².